The number of benzene rings is 1. The van der Waals surface area contributed by atoms with Gasteiger partial charge in [-0.15, -0.1) is 0 Å². The molecule has 0 aliphatic heterocycles. The Kier molecular flexibility index (Phi) is 3.45. The van der Waals surface area contributed by atoms with Crippen LogP contribution in [0.15, 0.2) is 33.2 Å². The number of carboxylic acid groups (broad SMARTS) is 1. The minimum Gasteiger partial charge on any atom is -0.481 e. The smallest absolute Gasteiger partial charge is 0.303 e. The van der Waals surface area contributed by atoms with E-state index in [4.69, 9.17) is 9.52 Å². The van der Waals surface area contributed by atoms with Gasteiger partial charge in [-0.25, -0.2) is 0 Å². The van der Waals surface area contributed by atoms with Crippen LogP contribution in [0, 0.1) is 0 Å². The van der Waals surface area contributed by atoms with Crippen molar-refractivity contribution < 1.29 is 19.4 Å². The Bertz CT molecular complexity index is 586. The molecule has 96 valence electrons. The van der Waals surface area contributed by atoms with Gasteiger partial charge in [0.25, 0.3) is 0 Å². The maximum Gasteiger partial charge on any atom is 0.303 e. The first-order valence-corrected chi connectivity index (χ1v) is 6.31. The number of aliphatic carboxylic acids is 1. The lowest BCUT2D eigenvalue weighted by Gasteiger charge is -2.19. The second-order valence-corrected chi connectivity index (χ2v) is 5.38. The lowest BCUT2D eigenvalue weighted by Crippen LogP contribution is -2.21. The number of carboxylic acids is 1. The molecule has 0 aliphatic rings. The van der Waals surface area contributed by atoms with Crippen LogP contribution in [0.2, 0.25) is 0 Å². The fourth-order valence-electron chi connectivity index (χ4n) is 1.75. The molecular formula is C13H13BrO4. The molecule has 0 fully saturated rings. The van der Waals surface area contributed by atoms with Crippen LogP contribution in [-0.4, -0.2) is 16.2 Å². The summed E-state index contributed by atoms with van der Waals surface area (Å²) < 4.78 is 6.48. The Morgan fingerprint density at radius 1 is 1.44 bits per heavy atom. The number of carbonyl (C=O) groups is 1. The SMILES string of the molecule is CC(O)(CCC(=O)O)c1cc2cc(Br)ccc2o1. The zero-order chi connectivity index (χ0) is 13.3. The largest absolute Gasteiger partial charge is 0.481 e. The van der Waals surface area contributed by atoms with Crippen LogP contribution in [0.1, 0.15) is 25.5 Å². The zero-order valence-corrected chi connectivity index (χ0v) is 11.4. The molecule has 0 saturated heterocycles. The molecule has 1 aromatic carbocycles. The summed E-state index contributed by atoms with van der Waals surface area (Å²) in [7, 11) is 0. The maximum atomic E-state index is 10.5. The van der Waals surface area contributed by atoms with Gasteiger partial charge in [-0.3, -0.25) is 4.79 Å². The van der Waals surface area contributed by atoms with E-state index in [1.54, 1.807) is 19.1 Å². The van der Waals surface area contributed by atoms with Gasteiger partial charge in [-0.2, -0.15) is 0 Å². The summed E-state index contributed by atoms with van der Waals surface area (Å²) in [6, 6.07) is 7.27. The number of hydrogen-bond donors (Lipinski definition) is 2. The van der Waals surface area contributed by atoms with Crippen molar-refractivity contribution in [3.8, 4) is 0 Å². The zero-order valence-electron chi connectivity index (χ0n) is 9.81. The second kappa shape index (κ2) is 4.74. The highest BCUT2D eigenvalue weighted by Gasteiger charge is 2.28. The van der Waals surface area contributed by atoms with Gasteiger partial charge in [0.15, 0.2) is 0 Å². The number of halogens is 1. The van der Waals surface area contributed by atoms with Gasteiger partial charge in [0.2, 0.25) is 0 Å². The summed E-state index contributed by atoms with van der Waals surface area (Å²) in [6.07, 6.45) is 0.0110. The van der Waals surface area contributed by atoms with Gasteiger partial charge < -0.3 is 14.6 Å². The third-order valence-electron chi connectivity index (χ3n) is 2.83. The monoisotopic (exact) mass is 312 g/mol. The molecule has 0 spiro atoms. The van der Waals surface area contributed by atoms with E-state index in [0.717, 1.165) is 9.86 Å². The first-order valence-electron chi connectivity index (χ1n) is 5.52. The minimum atomic E-state index is -1.27. The predicted molar refractivity (Wildman–Crippen MR) is 70.4 cm³/mol. The van der Waals surface area contributed by atoms with Crippen LogP contribution in [0.25, 0.3) is 11.0 Å². The van der Waals surface area contributed by atoms with Gasteiger partial charge in [0, 0.05) is 16.3 Å². The Balaban J connectivity index is 2.32. The Morgan fingerprint density at radius 2 is 2.17 bits per heavy atom. The molecule has 1 atom stereocenters. The van der Waals surface area contributed by atoms with Crippen LogP contribution in [-0.2, 0) is 10.4 Å². The van der Waals surface area contributed by atoms with Crippen molar-refractivity contribution in [1.82, 2.24) is 0 Å². The molecule has 0 aliphatic carbocycles. The number of hydrogen-bond acceptors (Lipinski definition) is 3. The molecule has 1 aromatic heterocycles. The molecule has 5 heteroatoms. The number of aliphatic hydroxyl groups is 1. The molecule has 1 unspecified atom stereocenters. The van der Waals surface area contributed by atoms with E-state index < -0.39 is 11.6 Å². The summed E-state index contributed by atoms with van der Waals surface area (Å²) in [6.45, 7) is 1.56. The Hall–Kier alpha value is -1.33. The van der Waals surface area contributed by atoms with Crippen molar-refractivity contribution in [2.45, 2.75) is 25.4 Å². The van der Waals surface area contributed by atoms with E-state index in [9.17, 15) is 9.90 Å². The van der Waals surface area contributed by atoms with E-state index >= 15 is 0 Å². The lowest BCUT2D eigenvalue weighted by atomic mass is 9.97. The third kappa shape index (κ3) is 2.73. The number of rotatable bonds is 4. The quantitative estimate of drug-likeness (QED) is 0.909. The highest BCUT2D eigenvalue weighted by atomic mass is 79.9. The summed E-state index contributed by atoms with van der Waals surface area (Å²) in [5, 5.41) is 19.8. The standard InChI is InChI=1S/C13H13BrO4/c1-13(17,5-4-12(15)16)11-7-8-6-9(14)2-3-10(8)18-11/h2-3,6-7,17H,4-5H2,1H3,(H,15,16). The Morgan fingerprint density at radius 3 is 2.83 bits per heavy atom. The summed E-state index contributed by atoms with van der Waals surface area (Å²) in [5.41, 5.74) is -0.604. The molecule has 18 heavy (non-hydrogen) atoms. The number of fused-ring (bicyclic) bond motifs is 1. The molecule has 0 radical (unpaired) electrons. The van der Waals surface area contributed by atoms with Gasteiger partial charge in [-0.05, 0) is 37.6 Å². The van der Waals surface area contributed by atoms with E-state index in [1.165, 1.54) is 0 Å². The highest BCUT2D eigenvalue weighted by Crippen LogP contribution is 2.32. The molecule has 0 bridgehead atoms. The third-order valence-corrected chi connectivity index (χ3v) is 3.33. The van der Waals surface area contributed by atoms with Gasteiger partial charge >= 0.3 is 5.97 Å². The van der Waals surface area contributed by atoms with Crippen molar-refractivity contribution in [1.29, 1.82) is 0 Å². The number of furan rings is 1. The molecule has 0 amide bonds. The van der Waals surface area contributed by atoms with Gasteiger partial charge in [0.1, 0.15) is 16.9 Å². The first-order chi connectivity index (χ1) is 8.38. The molecular weight excluding hydrogens is 300 g/mol. The highest BCUT2D eigenvalue weighted by molar-refractivity contribution is 9.10. The molecule has 2 N–H and O–H groups in total. The van der Waals surface area contributed by atoms with E-state index in [0.29, 0.717) is 11.3 Å². The normalized spacial score (nSPS) is 14.6. The van der Waals surface area contributed by atoms with Crippen LogP contribution < -0.4 is 0 Å². The van der Waals surface area contributed by atoms with Crippen LogP contribution >= 0.6 is 15.9 Å². The topological polar surface area (TPSA) is 70.7 Å². The first kappa shape index (κ1) is 13.1. The maximum absolute atomic E-state index is 10.5. The van der Waals surface area contributed by atoms with Crippen LogP contribution in [0.4, 0.5) is 0 Å². The van der Waals surface area contributed by atoms with Crippen LogP contribution in [0.3, 0.4) is 0 Å². The minimum absolute atomic E-state index is 0.103. The van der Waals surface area contributed by atoms with Crippen LogP contribution in [0.5, 0.6) is 0 Å². The molecule has 2 rings (SSSR count). The van der Waals surface area contributed by atoms with Crippen molar-refractivity contribution in [3.05, 3.63) is 34.5 Å². The predicted octanol–water partition coefficient (Wildman–Crippen LogP) is 3.27. The lowest BCUT2D eigenvalue weighted by molar-refractivity contribution is -0.138. The van der Waals surface area contributed by atoms with Crippen molar-refractivity contribution in [2.24, 2.45) is 0 Å². The fourth-order valence-corrected chi connectivity index (χ4v) is 2.13. The average Bonchev–Trinajstić information content (AvgIpc) is 2.70. The molecule has 1 heterocycles. The van der Waals surface area contributed by atoms with Gasteiger partial charge in [0.05, 0.1) is 0 Å². The van der Waals surface area contributed by atoms with E-state index in [-0.39, 0.29) is 12.8 Å². The van der Waals surface area contributed by atoms with Gasteiger partial charge in [-0.1, -0.05) is 15.9 Å². The van der Waals surface area contributed by atoms with E-state index in [1.807, 2.05) is 12.1 Å². The van der Waals surface area contributed by atoms with E-state index in [2.05, 4.69) is 15.9 Å². The fraction of sp³-hybridized carbons (Fsp3) is 0.308. The average molecular weight is 313 g/mol. The summed E-state index contributed by atoms with van der Waals surface area (Å²) >= 11 is 3.36. The summed E-state index contributed by atoms with van der Waals surface area (Å²) in [5.74, 6) is -0.550. The van der Waals surface area contributed by atoms with Crippen molar-refractivity contribution in [2.75, 3.05) is 0 Å². The summed E-state index contributed by atoms with van der Waals surface area (Å²) in [4.78, 5) is 10.5. The molecule has 4 nitrogen and oxygen atoms in total. The molecule has 0 saturated carbocycles. The van der Waals surface area contributed by atoms with Crippen molar-refractivity contribution in [3.63, 3.8) is 0 Å². The molecule has 2 aromatic rings. The van der Waals surface area contributed by atoms with Crippen molar-refractivity contribution >= 4 is 32.9 Å². The Labute approximate surface area is 112 Å². The second-order valence-electron chi connectivity index (χ2n) is 4.46.